The summed E-state index contributed by atoms with van der Waals surface area (Å²) >= 11 is 4.89. The number of aliphatic carboxylic acids is 1. The number of carboxylic acid groups (broad SMARTS) is 1. The molecular weight excluding hydrogens is 380 g/mol. The van der Waals surface area contributed by atoms with Gasteiger partial charge in [0.15, 0.2) is 0 Å². The molecule has 0 saturated carbocycles. The van der Waals surface area contributed by atoms with Crippen molar-refractivity contribution in [2.45, 2.75) is 19.9 Å². The SMILES string of the molecule is CCc1sc2ncn(CC(=O)O)c(=O)c2c1-c1ccc(Br)cc1. The van der Waals surface area contributed by atoms with Gasteiger partial charge in [0.1, 0.15) is 11.4 Å². The van der Waals surface area contributed by atoms with E-state index in [9.17, 15) is 9.59 Å². The molecule has 0 unspecified atom stereocenters. The van der Waals surface area contributed by atoms with E-state index in [1.54, 1.807) is 0 Å². The summed E-state index contributed by atoms with van der Waals surface area (Å²) in [7, 11) is 0. The zero-order valence-corrected chi connectivity index (χ0v) is 14.6. The molecule has 0 spiro atoms. The number of thiophene rings is 1. The number of aromatic nitrogens is 2. The van der Waals surface area contributed by atoms with E-state index in [1.807, 2.05) is 31.2 Å². The van der Waals surface area contributed by atoms with Crippen molar-refractivity contribution in [1.82, 2.24) is 9.55 Å². The molecule has 2 aromatic heterocycles. The Morgan fingerprint density at radius 1 is 1.35 bits per heavy atom. The second-order valence-electron chi connectivity index (χ2n) is 5.01. The molecule has 1 aromatic carbocycles. The van der Waals surface area contributed by atoms with Crippen molar-refractivity contribution in [2.75, 3.05) is 0 Å². The van der Waals surface area contributed by atoms with Gasteiger partial charge in [-0.3, -0.25) is 14.2 Å². The fraction of sp³-hybridized carbons (Fsp3) is 0.188. The maximum absolute atomic E-state index is 12.7. The van der Waals surface area contributed by atoms with Crippen LogP contribution < -0.4 is 5.56 Å². The predicted molar refractivity (Wildman–Crippen MR) is 94.0 cm³/mol. The maximum atomic E-state index is 12.7. The van der Waals surface area contributed by atoms with Gasteiger partial charge in [-0.1, -0.05) is 35.0 Å². The van der Waals surface area contributed by atoms with Gasteiger partial charge in [-0.05, 0) is 24.1 Å². The molecular formula is C16H13BrN2O3S. The average molecular weight is 393 g/mol. The summed E-state index contributed by atoms with van der Waals surface area (Å²) in [4.78, 5) is 29.6. The summed E-state index contributed by atoms with van der Waals surface area (Å²) in [5, 5.41) is 9.44. The van der Waals surface area contributed by atoms with Crippen LogP contribution in [0.15, 0.2) is 39.9 Å². The Bertz CT molecular complexity index is 944. The van der Waals surface area contributed by atoms with Crippen LogP contribution >= 0.6 is 27.3 Å². The molecule has 0 aliphatic heterocycles. The van der Waals surface area contributed by atoms with Crippen molar-refractivity contribution >= 4 is 43.5 Å². The number of halogens is 1. The highest BCUT2D eigenvalue weighted by Crippen LogP contribution is 2.36. The van der Waals surface area contributed by atoms with Crippen LogP contribution in [0.2, 0.25) is 0 Å². The first-order chi connectivity index (χ1) is 11.0. The second kappa shape index (κ2) is 6.25. The number of nitrogens with zero attached hydrogens (tertiary/aromatic N) is 2. The minimum Gasteiger partial charge on any atom is -0.480 e. The highest BCUT2D eigenvalue weighted by atomic mass is 79.9. The summed E-state index contributed by atoms with van der Waals surface area (Å²) in [5.41, 5.74) is 1.48. The number of hydrogen-bond donors (Lipinski definition) is 1. The zero-order valence-electron chi connectivity index (χ0n) is 12.2. The third kappa shape index (κ3) is 2.94. The fourth-order valence-electron chi connectivity index (χ4n) is 2.50. The standard InChI is InChI=1S/C16H13BrN2O3S/c1-2-11-13(9-3-5-10(17)6-4-9)14-15(23-11)18-8-19(16(14)22)7-12(20)21/h3-6,8H,2,7H2,1H3,(H,20,21). The third-order valence-corrected chi connectivity index (χ3v) is 5.28. The Kier molecular flexibility index (Phi) is 4.32. The summed E-state index contributed by atoms with van der Waals surface area (Å²) in [6.07, 6.45) is 2.09. The number of carboxylic acids is 1. The van der Waals surface area contributed by atoms with Gasteiger partial charge in [-0.2, -0.15) is 0 Å². The normalized spacial score (nSPS) is 11.0. The van der Waals surface area contributed by atoms with Crippen LogP contribution in [0, 0.1) is 0 Å². The van der Waals surface area contributed by atoms with E-state index in [0.29, 0.717) is 10.2 Å². The topological polar surface area (TPSA) is 72.2 Å². The monoisotopic (exact) mass is 392 g/mol. The van der Waals surface area contributed by atoms with E-state index in [0.717, 1.165) is 31.5 Å². The van der Waals surface area contributed by atoms with Gasteiger partial charge in [0, 0.05) is 14.9 Å². The molecule has 0 saturated heterocycles. The van der Waals surface area contributed by atoms with E-state index in [1.165, 1.54) is 17.7 Å². The van der Waals surface area contributed by atoms with Crippen LogP contribution in [0.25, 0.3) is 21.3 Å². The lowest BCUT2D eigenvalue weighted by molar-refractivity contribution is -0.137. The van der Waals surface area contributed by atoms with Gasteiger partial charge in [0.25, 0.3) is 5.56 Å². The highest BCUT2D eigenvalue weighted by Gasteiger charge is 2.18. The predicted octanol–water partition coefficient (Wildman–Crippen LogP) is 3.53. The minimum atomic E-state index is -1.07. The van der Waals surface area contributed by atoms with Gasteiger partial charge in [-0.25, -0.2) is 4.98 Å². The van der Waals surface area contributed by atoms with E-state index in [2.05, 4.69) is 20.9 Å². The Balaban J connectivity index is 2.32. The van der Waals surface area contributed by atoms with Crippen LogP contribution in [0.3, 0.4) is 0 Å². The summed E-state index contributed by atoms with van der Waals surface area (Å²) in [6, 6.07) is 7.73. The molecule has 3 aromatic rings. The van der Waals surface area contributed by atoms with Crippen LogP contribution in [0.1, 0.15) is 11.8 Å². The molecule has 2 heterocycles. The lowest BCUT2D eigenvalue weighted by atomic mass is 10.0. The first-order valence-corrected chi connectivity index (χ1v) is 8.60. The van der Waals surface area contributed by atoms with Crippen LogP contribution in [0.5, 0.6) is 0 Å². The summed E-state index contributed by atoms with van der Waals surface area (Å²) < 4.78 is 2.10. The van der Waals surface area contributed by atoms with Gasteiger partial charge in [-0.15, -0.1) is 11.3 Å². The zero-order chi connectivity index (χ0) is 16.6. The van der Waals surface area contributed by atoms with Gasteiger partial charge >= 0.3 is 5.97 Å². The Morgan fingerprint density at radius 2 is 2.04 bits per heavy atom. The Hall–Kier alpha value is -1.99. The first kappa shape index (κ1) is 15.9. The Labute approximate surface area is 144 Å². The van der Waals surface area contributed by atoms with E-state index >= 15 is 0 Å². The molecule has 1 N–H and O–H groups in total. The Morgan fingerprint density at radius 3 is 2.65 bits per heavy atom. The number of rotatable bonds is 4. The quantitative estimate of drug-likeness (QED) is 0.736. The van der Waals surface area contributed by atoms with Gasteiger partial charge < -0.3 is 5.11 Å². The van der Waals surface area contributed by atoms with E-state index < -0.39 is 12.5 Å². The van der Waals surface area contributed by atoms with E-state index in [4.69, 9.17) is 5.11 Å². The molecule has 118 valence electrons. The van der Waals surface area contributed by atoms with Crippen LogP contribution in [-0.4, -0.2) is 20.6 Å². The molecule has 0 amide bonds. The van der Waals surface area contributed by atoms with Crippen molar-refractivity contribution in [3.63, 3.8) is 0 Å². The lowest BCUT2D eigenvalue weighted by Gasteiger charge is -2.05. The molecule has 0 atom stereocenters. The maximum Gasteiger partial charge on any atom is 0.323 e. The van der Waals surface area contributed by atoms with Crippen molar-refractivity contribution in [1.29, 1.82) is 0 Å². The molecule has 0 fully saturated rings. The van der Waals surface area contributed by atoms with Crippen molar-refractivity contribution in [3.8, 4) is 11.1 Å². The van der Waals surface area contributed by atoms with Gasteiger partial charge in [0.05, 0.1) is 11.7 Å². The average Bonchev–Trinajstić information content (AvgIpc) is 2.90. The minimum absolute atomic E-state index is 0.314. The number of benzene rings is 1. The molecule has 0 aliphatic carbocycles. The molecule has 0 bridgehead atoms. The van der Waals surface area contributed by atoms with Crippen molar-refractivity contribution in [3.05, 3.63) is 50.3 Å². The van der Waals surface area contributed by atoms with Crippen molar-refractivity contribution < 1.29 is 9.90 Å². The number of fused-ring (bicyclic) bond motifs is 1. The summed E-state index contributed by atoms with van der Waals surface area (Å²) in [6.45, 7) is 1.64. The molecule has 0 radical (unpaired) electrons. The first-order valence-electron chi connectivity index (χ1n) is 6.99. The lowest BCUT2D eigenvalue weighted by Crippen LogP contribution is -2.24. The molecule has 0 aliphatic rings. The van der Waals surface area contributed by atoms with Gasteiger partial charge in [0.2, 0.25) is 0 Å². The van der Waals surface area contributed by atoms with Crippen molar-refractivity contribution in [2.24, 2.45) is 0 Å². The summed E-state index contributed by atoms with van der Waals surface area (Å²) in [5.74, 6) is -1.07. The molecule has 5 nitrogen and oxygen atoms in total. The van der Waals surface area contributed by atoms with E-state index in [-0.39, 0.29) is 5.56 Å². The third-order valence-electron chi connectivity index (χ3n) is 3.51. The van der Waals surface area contributed by atoms with Crippen LogP contribution in [0.4, 0.5) is 0 Å². The largest absolute Gasteiger partial charge is 0.480 e. The second-order valence-corrected chi connectivity index (χ2v) is 7.01. The molecule has 23 heavy (non-hydrogen) atoms. The smallest absolute Gasteiger partial charge is 0.323 e. The number of hydrogen-bond acceptors (Lipinski definition) is 4. The molecule has 3 rings (SSSR count). The fourth-order valence-corrected chi connectivity index (χ4v) is 3.86. The highest BCUT2D eigenvalue weighted by molar-refractivity contribution is 9.10. The van der Waals surface area contributed by atoms with Crippen LogP contribution in [-0.2, 0) is 17.8 Å². The number of carbonyl (C=O) groups is 1. The molecule has 7 heteroatoms. The number of aryl methyl sites for hydroxylation is 1.